The molecule has 114 valence electrons. The SMILES string of the molecule is COc1ccc(C(=O)Nc2cc(C(=O)NO)ccc2Cl)cc1. The minimum Gasteiger partial charge on any atom is -0.497 e. The number of carbonyl (C=O) groups is 2. The summed E-state index contributed by atoms with van der Waals surface area (Å²) < 4.78 is 5.02. The summed E-state index contributed by atoms with van der Waals surface area (Å²) in [6, 6.07) is 10.8. The number of hydrogen-bond acceptors (Lipinski definition) is 4. The van der Waals surface area contributed by atoms with Gasteiger partial charge in [-0.25, -0.2) is 5.48 Å². The molecule has 0 bridgehead atoms. The molecule has 0 saturated heterocycles. The Morgan fingerprint density at radius 2 is 1.68 bits per heavy atom. The fraction of sp³-hybridized carbons (Fsp3) is 0.0667. The van der Waals surface area contributed by atoms with Crippen molar-refractivity contribution in [3.05, 3.63) is 58.6 Å². The van der Waals surface area contributed by atoms with E-state index in [2.05, 4.69) is 5.32 Å². The molecule has 2 rings (SSSR count). The molecule has 0 spiro atoms. The molecule has 2 aromatic carbocycles. The number of amides is 2. The third-order valence-electron chi connectivity index (χ3n) is 2.93. The Labute approximate surface area is 131 Å². The lowest BCUT2D eigenvalue weighted by molar-refractivity contribution is 0.0706. The molecular formula is C15H13ClN2O4. The summed E-state index contributed by atoms with van der Waals surface area (Å²) in [6.45, 7) is 0. The molecule has 0 unspecified atom stereocenters. The Morgan fingerprint density at radius 3 is 2.27 bits per heavy atom. The molecule has 0 aromatic heterocycles. The van der Waals surface area contributed by atoms with E-state index >= 15 is 0 Å². The second-order valence-electron chi connectivity index (χ2n) is 4.32. The van der Waals surface area contributed by atoms with E-state index in [1.165, 1.54) is 30.8 Å². The first-order valence-corrected chi connectivity index (χ1v) is 6.62. The largest absolute Gasteiger partial charge is 0.497 e. The van der Waals surface area contributed by atoms with E-state index < -0.39 is 5.91 Å². The van der Waals surface area contributed by atoms with E-state index in [4.69, 9.17) is 21.5 Å². The standard InChI is InChI=1S/C15H13ClN2O4/c1-22-11-5-2-9(3-6-11)14(19)17-13-8-10(15(20)18-21)4-7-12(13)16/h2-8,21H,1H3,(H,17,19)(H,18,20). The summed E-state index contributed by atoms with van der Waals surface area (Å²) in [5.41, 5.74) is 2.36. The first-order chi connectivity index (χ1) is 10.5. The van der Waals surface area contributed by atoms with Gasteiger partial charge < -0.3 is 10.1 Å². The highest BCUT2D eigenvalue weighted by Crippen LogP contribution is 2.24. The van der Waals surface area contributed by atoms with Gasteiger partial charge in [-0.3, -0.25) is 14.8 Å². The molecule has 0 aliphatic rings. The average Bonchev–Trinajstić information content (AvgIpc) is 2.56. The van der Waals surface area contributed by atoms with Crippen LogP contribution >= 0.6 is 11.6 Å². The molecular weight excluding hydrogens is 308 g/mol. The lowest BCUT2D eigenvalue weighted by atomic mass is 10.1. The summed E-state index contributed by atoms with van der Waals surface area (Å²) >= 11 is 5.99. The number of nitrogens with one attached hydrogen (secondary N) is 2. The van der Waals surface area contributed by atoms with Crippen molar-refractivity contribution in [2.24, 2.45) is 0 Å². The Morgan fingerprint density at radius 1 is 1.05 bits per heavy atom. The number of carbonyl (C=O) groups excluding carboxylic acids is 2. The number of hydrogen-bond donors (Lipinski definition) is 3. The topological polar surface area (TPSA) is 87.7 Å². The third-order valence-corrected chi connectivity index (χ3v) is 3.26. The van der Waals surface area contributed by atoms with Crippen LogP contribution in [0.15, 0.2) is 42.5 Å². The van der Waals surface area contributed by atoms with Crippen LogP contribution in [0.25, 0.3) is 0 Å². The zero-order valence-corrected chi connectivity index (χ0v) is 12.3. The third kappa shape index (κ3) is 3.55. The molecule has 3 N–H and O–H groups in total. The molecule has 0 saturated carbocycles. The predicted octanol–water partition coefficient (Wildman–Crippen LogP) is 2.72. The van der Waals surface area contributed by atoms with E-state index in [0.717, 1.165) is 0 Å². The van der Waals surface area contributed by atoms with Crippen molar-refractivity contribution >= 4 is 29.1 Å². The highest BCUT2D eigenvalue weighted by atomic mass is 35.5. The number of methoxy groups -OCH3 is 1. The van der Waals surface area contributed by atoms with E-state index in [1.807, 2.05) is 0 Å². The number of halogens is 1. The molecule has 0 aliphatic heterocycles. The molecule has 0 radical (unpaired) electrons. The van der Waals surface area contributed by atoms with Crippen LogP contribution in [0, 0.1) is 0 Å². The number of rotatable bonds is 4. The van der Waals surface area contributed by atoms with Crippen molar-refractivity contribution in [3.8, 4) is 5.75 Å². The molecule has 7 heteroatoms. The molecule has 0 heterocycles. The quantitative estimate of drug-likeness (QED) is 0.597. The summed E-state index contributed by atoms with van der Waals surface area (Å²) in [7, 11) is 1.53. The van der Waals surface area contributed by atoms with Crippen molar-refractivity contribution in [2.75, 3.05) is 12.4 Å². The summed E-state index contributed by atoms with van der Waals surface area (Å²) in [6.07, 6.45) is 0. The molecule has 0 atom stereocenters. The van der Waals surface area contributed by atoms with Crippen LogP contribution in [0.5, 0.6) is 5.75 Å². The van der Waals surface area contributed by atoms with Crippen LogP contribution < -0.4 is 15.5 Å². The maximum atomic E-state index is 12.2. The van der Waals surface area contributed by atoms with E-state index in [-0.39, 0.29) is 22.2 Å². The molecule has 22 heavy (non-hydrogen) atoms. The Hall–Kier alpha value is -2.57. The molecule has 0 aliphatic carbocycles. The highest BCUT2D eigenvalue weighted by Gasteiger charge is 2.12. The van der Waals surface area contributed by atoms with Gasteiger partial charge in [0.15, 0.2) is 0 Å². The molecule has 2 amide bonds. The molecule has 0 fully saturated rings. The van der Waals surface area contributed by atoms with Gasteiger partial charge in [-0.1, -0.05) is 11.6 Å². The van der Waals surface area contributed by atoms with Gasteiger partial charge in [0.25, 0.3) is 11.8 Å². The van der Waals surface area contributed by atoms with Crippen molar-refractivity contribution in [3.63, 3.8) is 0 Å². The van der Waals surface area contributed by atoms with Crippen molar-refractivity contribution < 1.29 is 19.5 Å². The van der Waals surface area contributed by atoms with Crippen LogP contribution in [0.1, 0.15) is 20.7 Å². The Kier molecular flexibility index (Phi) is 4.98. The number of hydroxylamine groups is 1. The van der Waals surface area contributed by atoms with Crippen molar-refractivity contribution in [2.45, 2.75) is 0 Å². The number of anilines is 1. The van der Waals surface area contributed by atoms with Gasteiger partial charge in [-0.2, -0.15) is 0 Å². The minimum absolute atomic E-state index is 0.164. The second-order valence-corrected chi connectivity index (χ2v) is 4.73. The predicted molar refractivity (Wildman–Crippen MR) is 81.7 cm³/mol. The maximum Gasteiger partial charge on any atom is 0.274 e. The van der Waals surface area contributed by atoms with Gasteiger partial charge in [-0.05, 0) is 42.5 Å². The number of ether oxygens (including phenoxy) is 1. The summed E-state index contributed by atoms with van der Waals surface area (Å²) in [5.74, 6) is -0.445. The van der Waals surface area contributed by atoms with Gasteiger partial charge in [0.05, 0.1) is 17.8 Å². The van der Waals surface area contributed by atoms with Crippen LogP contribution in [-0.4, -0.2) is 24.1 Å². The zero-order valence-electron chi connectivity index (χ0n) is 11.6. The van der Waals surface area contributed by atoms with Crippen LogP contribution in [-0.2, 0) is 0 Å². The highest BCUT2D eigenvalue weighted by molar-refractivity contribution is 6.34. The van der Waals surface area contributed by atoms with E-state index in [9.17, 15) is 9.59 Å². The fourth-order valence-electron chi connectivity index (χ4n) is 1.76. The maximum absolute atomic E-state index is 12.2. The first-order valence-electron chi connectivity index (χ1n) is 6.24. The van der Waals surface area contributed by atoms with Gasteiger partial charge in [0.1, 0.15) is 5.75 Å². The van der Waals surface area contributed by atoms with Crippen LogP contribution in [0.3, 0.4) is 0 Å². The lowest BCUT2D eigenvalue weighted by Gasteiger charge is -2.09. The zero-order chi connectivity index (χ0) is 16.1. The smallest absolute Gasteiger partial charge is 0.274 e. The Balaban J connectivity index is 2.21. The Bertz CT molecular complexity index is 701. The lowest BCUT2D eigenvalue weighted by Crippen LogP contribution is -2.19. The van der Waals surface area contributed by atoms with Gasteiger partial charge in [0, 0.05) is 11.1 Å². The molecule has 6 nitrogen and oxygen atoms in total. The van der Waals surface area contributed by atoms with Gasteiger partial charge in [-0.15, -0.1) is 0 Å². The first kappa shape index (κ1) is 15.8. The second kappa shape index (κ2) is 6.93. The van der Waals surface area contributed by atoms with E-state index in [0.29, 0.717) is 11.3 Å². The van der Waals surface area contributed by atoms with Crippen molar-refractivity contribution in [1.29, 1.82) is 0 Å². The van der Waals surface area contributed by atoms with Crippen LogP contribution in [0.2, 0.25) is 5.02 Å². The van der Waals surface area contributed by atoms with Crippen molar-refractivity contribution in [1.82, 2.24) is 5.48 Å². The summed E-state index contributed by atoms with van der Waals surface area (Å²) in [5, 5.41) is 11.5. The van der Waals surface area contributed by atoms with Crippen LogP contribution in [0.4, 0.5) is 5.69 Å². The van der Waals surface area contributed by atoms with E-state index in [1.54, 1.807) is 24.3 Å². The monoisotopic (exact) mass is 320 g/mol. The normalized spacial score (nSPS) is 9.95. The fourth-order valence-corrected chi connectivity index (χ4v) is 1.93. The molecule has 2 aromatic rings. The summed E-state index contributed by atoms with van der Waals surface area (Å²) in [4.78, 5) is 23.5. The minimum atomic E-state index is -0.698. The number of benzene rings is 2. The van der Waals surface area contributed by atoms with Gasteiger partial charge >= 0.3 is 0 Å². The average molecular weight is 321 g/mol. The van der Waals surface area contributed by atoms with Gasteiger partial charge in [0.2, 0.25) is 0 Å².